The number of carbonyl (C=O) groups is 1. The molecular weight excluding hydrogens is 372 g/mol. The van der Waals surface area contributed by atoms with Crippen molar-refractivity contribution in [1.82, 2.24) is 5.32 Å². The number of carbonyl (C=O) groups excluding carboxylic acids is 1. The molecule has 3 nitrogen and oxygen atoms in total. The van der Waals surface area contributed by atoms with E-state index in [0.29, 0.717) is 23.5 Å². The highest BCUT2D eigenvalue weighted by molar-refractivity contribution is 6.37. The molecule has 0 saturated carbocycles. The third-order valence-corrected chi connectivity index (χ3v) is 4.36. The Bertz CT molecular complexity index is 871. The maximum Gasteiger partial charge on any atom is 0.416 e. The predicted molar refractivity (Wildman–Crippen MR) is 91.2 cm³/mol. The van der Waals surface area contributed by atoms with Crippen molar-refractivity contribution >= 4 is 28.8 Å². The van der Waals surface area contributed by atoms with Gasteiger partial charge in [0.05, 0.1) is 22.7 Å². The molecule has 0 bridgehead atoms. The molecule has 0 aromatic heterocycles. The van der Waals surface area contributed by atoms with Crippen LogP contribution in [0.5, 0.6) is 0 Å². The molecule has 0 saturated heterocycles. The van der Waals surface area contributed by atoms with Crippen LogP contribution in [-0.4, -0.2) is 19.5 Å². The number of rotatable bonds is 3. The Morgan fingerprint density at radius 2 is 1.81 bits per heavy atom. The zero-order valence-electron chi connectivity index (χ0n) is 13.5. The topological polar surface area (TPSA) is 32.3 Å². The summed E-state index contributed by atoms with van der Waals surface area (Å²) in [5.74, 6) is -1.74. The fraction of sp³-hybridized carbons (Fsp3) is 0.167. The Labute approximate surface area is 151 Å². The van der Waals surface area contributed by atoms with E-state index in [0.717, 1.165) is 0 Å². The second-order valence-corrected chi connectivity index (χ2v) is 6.05. The number of hydrogen-bond donors (Lipinski definition) is 1. The van der Waals surface area contributed by atoms with Gasteiger partial charge >= 0.3 is 6.18 Å². The second kappa shape index (κ2) is 6.64. The van der Waals surface area contributed by atoms with Gasteiger partial charge in [0.2, 0.25) is 0 Å². The number of halogens is 5. The highest BCUT2D eigenvalue weighted by atomic mass is 35.5. The quantitative estimate of drug-likeness (QED) is 0.792. The van der Waals surface area contributed by atoms with E-state index in [1.165, 1.54) is 4.90 Å². The molecule has 0 spiro atoms. The number of hydrogen-bond acceptors (Lipinski definition) is 2. The van der Waals surface area contributed by atoms with E-state index in [9.17, 15) is 22.4 Å². The van der Waals surface area contributed by atoms with Gasteiger partial charge in [-0.05, 0) is 24.3 Å². The molecule has 2 aromatic carbocycles. The zero-order chi connectivity index (χ0) is 19.1. The molecule has 26 heavy (non-hydrogen) atoms. The molecule has 0 unspecified atom stereocenters. The van der Waals surface area contributed by atoms with Crippen molar-refractivity contribution in [2.75, 3.05) is 18.5 Å². The fourth-order valence-electron chi connectivity index (χ4n) is 2.83. The van der Waals surface area contributed by atoms with E-state index in [4.69, 9.17) is 11.6 Å². The van der Waals surface area contributed by atoms with Gasteiger partial charge in [-0.3, -0.25) is 4.79 Å². The van der Waals surface area contributed by atoms with Crippen LogP contribution in [-0.2, 0) is 11.0 Å². The Balaban J connectivity index is 2.09. The lowest BCUT2D eigenvalue weighted by molar-refractivity contribution is -0.137. The van der Waals surface area contributed by atoms with Gasteiger partial charge in [0.15, 0.2) is 0 Å². The molecule has 0 fully saturated rings. The first-order valence-corrected chi connectivity index (χ1v) is 7.96. The lowest BCUT2D eigenvalue weighted by Crippen LogP contribution is -2.27. The summed E-state index contributed by atoms with van der Waals surface area (Å²) in [6, 6.07) is 9.65. The Morgan fingerprint density at radius 3 is 2.35 bits per heavy atom. The van der Waals surface area contributed by atoms with E-state index >= 15 is 0 Å². The summed E-state index contributed by atoms with van der Waals surface area (Å²) in [6.07, 6.45) is -4.74. The first-order chi connectivity index (χ1) is 12.2. The Morgan fingerprint density at radius 1 is 1.15 bits per heavy atom. The van der Waals surface area contributed by atoms with Crippen molar-refractivity contribution in [3.05, 3.63) is 70.1 Å². The monoisotopic (exact) mass is 384 g/mol. The number of alkyl halides is 3. The number of nitrogens with zero attached hydrogens (tertiary/aromatic N) is 1. The molecule has 1 heterocycles. The van der Waals surface area contributed by atoms with Gasteiger partial charge in [-0.1, -0.05) is 29.8 Å². The van der Waals surface area contributed by atoms with Crippen LogP contribution in [0, 0.1) is 5.82 Å². The van der Waals surface area contributed by atoms with Crippen LogP contribution in [0.25, 0.3) is 5.57 Å². The summed E-state index contributed by atoms with van der Waals surface area (Å²) in [4.78, 5) is 14.2. The van der Waals surface area contributed by atoms with Crippen molar-refractivity contribution in [1.29, 1.82) is 0 Å². The zero-order valence-corrected chi connectivity index (χ0v) is 14.2. The largest absolute Gasteiger partial charge is 0.416 e. The summed E-state index contributed by atoms with van der Waals surface area (Å²) in [5, 5.41) is 2.34. The summed E-state index contributed by atoms with van der Waals surface area (Å²) in [6.45, 7) is 0.130. The van der Waals surface area contributed by atoms with Crippen LogP contribution < -0.4 is 10.2 Å². The van der Waals surface area contributed by atoms with E-state index in [2.05, 4.69) is 5.32 Å². The predicted octanol–water partition coefficient (Wildman–Crippen LogP) is 4.48. The number of benzene rings is 2. The Kier molecular flexibility index (Phi) is 4.66. The van der Waals surface area contributed by atoms with Gasteiger partial charge < -0.3 is 10.2 Å². The smallest absolute Gasteiger partial charge is 0.389 e. The van der Waals surface area contributed by atoms with Gasteiger partial charge in [-0.2, -0.15) is 13.2 Å². The lowest BCUT2D eigenvalue weighted by Gasteiger charge is -2.17. The van der Waals surface area contributed by atoms with Crippen LogP contribution in [0.1, 0.15) is 11.1 Å². The molecule has 0 atom stereocenters. The van der Waals surface area contributed by atoms with Crippen molar-refractivity contribution in [2.24, 2.45) is 0 Å². The van der Waals surface area contributed by atoms with E-state index < -0.39 is 28.5 Å². The molecule has 0 aliphatic carbocycles. The van der Waals surface area contributed by atoms with Gasteiger partial charge in [-0.15, -0.1) is 0 Å². The molecule has 0 radical (unpaired) electrons. The van der Waals surface area contributed by atoms with Crippen molar-refractivity contribution in [2.45, 2.75) is 6.18 Å². The average molecular weight is 385 g/mol. The highest BCUT2D eigenvalue weighted by Crippen LogP contribution is 2.39. The van der Waals surface area contributed by atoms with Gasteiger partial charge in [0, 0.05) is 24.0 Å². The van der Waals surface area contributed by atoms with Crippen LogP contribution in [0.15, 0.2) is 48.2 Å². The molecule has 1 N–H and O–H groups in total. The molecule has 3 rings (SSSR count). The third kappa shape index (κ3) is 3.14. The van der Waals surface area contributed by atoms with Crippen LogP contribution in [0.4, 0.5) is 23.2 Å². The minimum Gasteiger partial charge on any atom is -0.389 e. The minimum absolute atomic E-state index is 0.0763. The highest BCUT2D eigenvalue weighted by Gasteiger charge is 2.37. The average Bonchev–Trinajstić information content (AvgIpc) is 2.91. The van der Waals surface area contributed by atoms with Crippen LogP contribution in [0.2, 0.25) is 5.02 Å². The van der Waals surface area contributed by atoms with E-state index in [-0.39, 0.29) is 17.7 Å². The van der Waals surface area contributed by atoms with Gasteiger partial charge in [0.25, 0.3) is 5.91 Å². The third-order valence-electron chi connectivity index (χ3n) is 4.07. The number of amides is 1. The maximum atomic E-state index is 14.5. The van der Waals surface area contributed by atoms with Crippen LogP contribution >= 0.6 is 11.6 Å². The molecule has 1 aliphatic heterocycles. The van der Waals surface area contributed by atoms with Crippen molar-refractivity contribution in [3.8, 4) is 0 Å². The second-order valence-electron chi connectivity index (χ2n) is 5.64. The standard InChI is InChI=1S/C18H13ClF4N2O/c1-24-14-9-25(11-5-3-2-4-6-11)17(26)16(14)15-12(19)7-10(8-13(15)20)18(21,22)23/h2-8,24H,9H2,1H3. The molecule has 136 valence electrons. The number of anilines is 1. The number of likely N-dealkylation sites (N-methyl/N-ethyl adjacent to an activating group) is 1. The molecule has 1 amide bonds. The first kappa shape index (κ1) is 18.3. The lowest BCUT2D eigenvalue weighted by atomic mass is 10.0. The Hall–Kier alpha value is -2.54. The molecule has 1 aliphatic rings. The van der Waals surface area contributed by atoms with E-state index in [1.54, 1.807) is 37.4 Å². The minimum atomic E-state index is -4.74. The number of para-hydroxylation sites is 1. The van der Waals surface area contributed by atoms with Crippen LogP contribution in [0.3, 0.4) is 0 Å². The summed E-state index contributed by atoms with van der Waals surface area (Å²) < 4.78 is 53.0. The summed E-state index contributed by atoms with van der Waals surface area (Å²) >= 11 is 5.93. The van der Waals surface area contributed by atoms with Gasteiger partial charge in [0.1, 0.15) is 5.82 Å². The number of nitrogens with one attached hydrogen (secondary N) is 1. The maximum absolute atomic E-state index is 14.5. The fourth-order valence-corrected chi connectivity index (χ4v) is 3.13. The van der Waals surface area contributed by atoms with Crippen molar-refractivity contribution in [3.63, 3.8) is 0 Å². The molecular formula is C18H13ClF4N2O. The summed E-state index contributed by atoms with van der Waals surface area (Å²) in [7, 11) is 1.55. The van der Waals surface area contributed by atoms with E-state index in [1.807, 2.05) is 0 Å². The van der Waals surface area contributed by atoms with Crippen molar-refractivity contribution < 1.29 is 22.4 Å². The normalized spacial score (nSPS) is 15.0. The molecule has 2 aromatic rings. The first-order valence-electron chi connectivity index (χ1n) is 7.58. The molecule has 8 heteroatoms. The SMILES string of the molecule is CNC1=C(c2c(F)cc(C(F)(F)F)cc2Cl)C(=O)N(c2ccccc2)C1. The summed E-state index contributed by atoms with van der Waals surface area (Å²) in [5.41, 5.74) is -0.663. The van der Waals surface area contributed by atoms with Gasteiger partial charge in [-0.25, -0.2) is 4.39 Å².